The smallest absolute Gasteiger partial charge is 0.0619 e. The third-order valence-corrected chi connectivity index (χ3v) is 2.97. The number of hydrogen-bond donors (Lipinski definition) is 1. The van der Waals surface area contributed by atoms with Crippen LogP contribution in [0, 0.1) is 0 Å². The van der Waals surface area contributed by atoms with Gasteiger partial charge in [0.1, 0.15) is 0 Å². The summed E-state index contributed by atoms with van der Waals surface area (Å²) < 4.78 is 5.19. The highest BCUT2D eigenvalue weighted by Crippen LogP contribution is 2.17. The maximum Gasteiger partial charge on any atom is 0.0619 e. The first kappa shape index (κ1) is 12.0. The maximum absolute atomic E-state index is 5.19. The number of aromatic nitrogens is 1. The van der Waals surface area contributed by atoms with E-state index in [2.05, 4.69) is 34.6 Å². The molecule has 1 atom stereocenters. The number of likely N-dealkylation sites (N-methyl/N-ethyl adjacent to an activating group) is 1. The van der Waals surface area contributed by atoms with Gasteiger partial charge in [0.15, 0.2) is 0 Å². The Kier molecular flexibility index (Phi) is 4.07. The largest absolute Gasteiger partial charge is 0.383 e. The summed E-state index contributed by atoms with van der Waals surface area (Å²) in [5.41, 5.74) is 1.12. The molecule has 0 aliphatic heterocycles. The molecule has 1 heterocycles. The molecule has 3 heteroatoms. The minimum absolute atomic E-state index is 0.304. The first-order valence-corrected chi connectivity index (χ1v) is 5.84. The average Bonchev–Trinajstić information content (AvgIpc) is 2.38. The first-order chi connectivity index (χ1) is 8.35. The second kappa shape index (κ2) is 5.75. The van der Waals surface area contributed by atoms with E-state index in [1.54, 1.807) is 7.11 Å². The van der Waals surface area contributed by atoms with E-state index >= 15 is 0 Å². The summed E-state index contributed by atoms with van der Waals surface area (Å²) in [6.45, 7) is 0.696. The van der Waals surface area contributed by atoms with Crippen molar-refractivity contribution in [1.82, 2.24) is 10.3 Å². The highest BCUT2D eigenvalue weighted by molar-refractivity contribution is 5.84. The molecule has 2 aromatic rings. The maximum atomic E-state index is 5.19. The number of rotatable bonds is 5. The average molecular weight is 230 g/mol. The molecule has 1 N–H and O–H groups in total. The molecular weight excluding hydrogens is 212 g/mol. The van der Waals surface area contributed by atoms with Gasteiger partial charge in [-0.25, -0.2) is 0 Å². The summed E-state index contributed by atoms with van der Waals surface area (Å²) in [7, 11) is 3.68. The number of ether oxygens (including phenoxy) is 1. The monoisotopic (exact) mass is 230 g/mol. The zero-order valence-electron chi connectivity index (χ0n) is 10.3. The molecule has 0 saturated heterocycles. The summed E-state index contributed by atoms with van der Waals surface area (Å²) in [4.78, 5) is 4.48. The summed E-state index contributed by atoms with van der Waals surface area (Å²) in [6.07, 6.45) is 2.75. The van der Waals surface area contributed by atoms with Crippen LogP contribution in [-0.2, 0) is 11.2 Å². The van der Waals surface area contributed by atoms with E-state index in [-0.39, 0.29) is 0 Å². The van der Waals surface area contributed by atoms with Crippen LogP contribution >= 0.6 is 0 Å². The van der Waals surface area contributed by atoms with Gasteiger partial charge < -0.3 is 10.1 Å². The Morgan fingerprint density at radius 2 is 2.12 bits per heavy atom. The van der Waals surface area contributed by atoms with Crippen molar-refractivity contribution in [1.29, 1.82) is 0 Å². The molecule has 0 fully saturated rings. The van der Waals surface area contributed by atoms with Crippen LogP contribution in [-0.4, -0.2) is 31.8 Å². The fourth-order valence-electron chi connectivity index (χ4n) is 2.02. The Bertz CT molecular complexity index is 479. The van der Waals surface area contributed by atoms with Crippen LogP contribution < -0.4 is 5.32 Å². The Labute approximate surface area is 102 Å². The fraction of sp³-hybridized carbons (Fsp3) is 0.357. The molecule has 0 bridgehead atoms. The number of pyridine rings is 1. The van der Waals surface area contributed by atoms with Gasteiger partial charge >= 0.3 is 0 Å². The van der Waals surface area contributed by atoms with E-state index in [1.807, 2.05) is 19.3 Å². The van der Waals surface area contributed by atoms with E-state index in [1.165, 1.54) is 10.8 Å². The minimum Gasteiger partial charge on any atom is -0.383 e. The molecule has 3 nitrogen and oxygen atoms in total. The van der Waals surface area contributed by atoms with E-state index in [0.29, 0.717) is 12.6 Å². The lowest BCUT2D eigenvalue weighted by molar-refractivity contribution is 0.169. The molecule has 0 saturated carbocycles. The molecular formula is C14H18N2O. The van der Waals surface area contributed by atoms with Crippen molar-refractivity contribution >= 4 is 10.8 Å². The van der Waals surface area contributed by atoms with Gasteiger partial charge in [0.25, 0.3) is 0 Å². The number of methoxy groups -OCH3 is 1. The van der Waals surface area contributed by atoms with E-state index < -0.39 is 0 Å². The van der Waals surface area contributed by atoms with Crippen molar-refractivity contribution in [2.75, 3.05) is 20.8 Å². The molecule has 17 heavy (non-hydrogen) atoms. The molecule has 0 radical (unpaired) electrons. The van der Waals surface area contributed by atoms with E-state index in [9.17, 15) is 0 Å². The van der Waals surface area contributed by atoms with Crippen LogP contribution in [0.4, 0.5) is 0 Å². The number of benzene rings is 1. The van der Waals surface area contributed by atoms with Crippen molar-refractivity contribution in [2.45, 2.75) is 12.5 Å². The van der Waals surface area contributed by atoms with Crippen molar-refractivity contribution in [3.05, 3.63) is 42.2 Å². The van der Waals surface area contributed by atoms with Gasteiger partial charge in [-0.1, -0.05) is 24.3 Å². The van der Waals surface area contributed by atoms with Crippen LogP contribution in [0.1, 0.15) is 5.69 Å². The lowest BCUT2D eigenvalue weighted by Crippen LogP contribution is -2.32. The quantitative estimate of drug-likeness (QED) is 0.853. The minimum atomic E-state index is 0.304. The molecule has 0 aliphatic rings. The standard InChI is InChI=1S/C14H18N2O/c1-15-12(10-17-2)9-14-13-6-4-3-5-11(13)7-8-16-14/h3-8,12,15H,9-10H2,1-2H3. The topological polar surface area (TPSA) is 34.1 Å². The summed E-state index contributed by atoms with van der Waals surface area (Å²) in [5.74, 6) is 0. The molecule has 90 valence electrons. The molecule has 0 aliphatic carbocycles. The Hall–Kier alpha value is -1.45. The molecule has 0 spiro atoms. The normalized spacial score (nSPS) is 12.8. The predicted molar refractivity (Wildman–Crippen MR) is 70.2 cm³/mol. The summed E-state index contributed by atoms with van der Waals surface area (Å²) in [5, 5.41) is 5.72. The lowest BCUT2D eigenvalue weighted by atomic mass is 10.0. The summed E-state index contributed by atoms with van der Waals surface area (Å²) >= 11 is 0. The van der Waals surface area contributed by atoms with Gasteiger partial charge in [-0.15, -0.1) is 0 Å². The fourth-order valence-corrected chi connectivity index (χ4v) is 2.02. The number of fused-ring (bicyclic) bond motifs is 1. The van der Waals surface area contributed by atoms with Crippen molar-refractivity contribution < 1.29 is 4.74 Å². The second-order valence-corrected chi connectivity index (χ2v) is 4.12. The Morgan fingerprint density at radius 1 is 1.29 bits per heavy atom. The van der Waals surface area contributed by atoms with Crippen LogP contribution in [0.2, 0.25) is 0 Å². The van der Waals surface area contributed by atoms with Crippen LogP contribution in [0.25, 0.3) is 10.8 Å². The Morgan fingerprint density at radius 3 is 2.88 bits per heavy atom. The van der Waals surface area contributed by atoms with Gasteiger partial charge in [0.05, 0.1) is 6.61 Å². The molecule has 1 unspecified atom stereocenters. The first-order valence-electron chi connectivity index (χ1n) is 5.84. The molecule has 0 amide bonds. The van der Waals surface area contributed by atoms with Gasteiger partial charge in [0.2, 0.25) is 0 Å². The third kappa shape index (κ3) is 2.81. The van der Waals surface area contributed by atoms with Gasteiger partial charge in [-0.3, -0.25) is 4.98 Å². The lowest BCUT2D eigenvalue weighted by Gasteiger charge is -2.15. The third-order valence-electron chi connectivity index (χ3n) is 2.97. The van der Waals surface area contributed by atoms with Gasteiger partial charge in [-0.05, 0) is 18.5 Å². The zero-order valence-corrected chi connectivity index (χ0v) is 10.3. The highest BCUT2D eigenvalue weighted by atomic mass is 16.5. The Balaban J connectivity index is 2.28. The predicted octanol–water partition coefficient (Wildman–Crippen LogP) is 2.01. The van der Waals surface area contributed by atoms with Crippen molar-refractivity contribution in [2.24, 2.45) is 0 Å². The van der Waals surface area contributed by atoms with Crippen LogP contribution in [0.3, 0.4) is 0 Å². The van der Waals surface area contributed by atoms with Crippen LogP contribution in [0.15, 0.2) is 36.5 Å². The number of nitrogens with one attached hydrogen (secondary N) is 1. The SMILES string of the molecule is CNC(COC)Cc1nccc2ccccc12. The highest BCUT2D eigenvalue weighted by Gasteiger charge is 2.10. The molecule has 1 aromatic heterocycles. The van der Waals surface area contributed by atoms with Crippen molar-refractivity contribution in [3.63, 3.8) is 0 Å². The van der Waals surface area contributed by atoms with Crippen LogP contribution in [0.5, 0.6) is 0 Å². The summed E-state index contributed by atoms with van der Waals surface area (Å²) in [6, 6.07) is 10.7. The molecule has 1 aromatic carbocycles. The molecule has 2 rings (SSSR count). The van der Waals surface area contributed by atoms with Gasteiger partial charge in [0, 0.05) is 36.8 Å². The van der Waals surface area contributed by atoms with Gasteiger partial charge in [-0.2, -0.15) is 0 Å². The van der Waals surface area contributed by atoms with Crippen molar-refractivity contribution in [3.8, 4) is 0 Å². The second-order valence-electron chi connectivity index (χ2n) is 4.12. The van der Waals surface area contributed by atoms with E-state index in [0.717, 1.165) is 12.1 Å². The number of nitrogens with zero attached hydrogens (tertiary/aromatic N) is 1. The van der Waals surface area contributed by atoms with E-state index in [4.69, 9.17) is 4.74 Å². The number of hydrogen-bond acceptors (Lipinski definition) is 3. The zero-order chi connectivity index (χ0) is 12.1.